The lowest BCUT2D eigenvalue weighted by molar-refractivity contribution is 0.0529. The van der Waals surface area contributed by atoms with E-state index in [0.29, 0.717) is 0 Å². The molecule has 1 fully saturated rings. The molecule has 21 heavy (non-hydrogen) atoms. The number of carbonyl (C=O) groups excluding carboxylic acids is 1. The van der Waals surface area contributed by atoms with Crippen molar-refractivity contribution in [1.29, 1.82) is 0 Å². The molecular formula is C15H23N3O2S. The molecule has 0 spiro atoms. The Morgan fingerprint density at radius 3 is 2.71 bits per heavy atom. The summed E-state index contributed by atoms with van der Waals surface area (Å²) >= 11 is 1.69. The fraction of sp³-hybridized carbons (Fsp3) is 0.600. The van der Waals surface area contributed by atoms with Crippen molar-refractivity contribution in [3.05, 3.63) is 17.0 Å². The summed E-state index contributed by atoms with van der Waals surface area (Å²) in [6.07, 6.45) is 4.98. The summed E-state index contributed by atoms with van der Waals surface area (Å²) in [7, 11) is 0. The molecule has 1 saturated heterocycles. The fourth-order valence-corrected chi connectivity index (χ4v) is 3.08. The molecule has 1 N–H and O–H groups in total. The van der Waals surface area contributed by atoms with Crippen molar-refractivity contribution in [3.63, 3.8) is 0 Å². The molecule has 0 bridgehead atoms. The van der Waals surface area contributed by atoms with Crippen molar-refractivity contribution >= 4 is 28.6 Å². The summed E-state index contributed by atoms with van der Waals surface area (Å²) in [6.45, 7) is 7.72. The second-order valence-electron chi connectivity index (χ2n) is 6.10. The Hall–Kier alpha value is -1.56. The largest absolute Gasteiger partial charge is 0.443 e. The van der Waals surface area contributed by atoms with Crippen LogP contribution >= 0.6 is 11.3 Å². The van der Waals surface area contributed by atoms with Gasteiger partial charge in [-0.3, -0.25) is 0 Å². The molecule has 0 aliphatic carbocycles. The van der Waals surface area contributed by atoms with Gasteiger partial charge in [0.2, 0.25) is 0 Å². The van der Waals surface area contributed by atoms with Crippen molar-refractivity contribution in [3.8, 4) is 0 Å². The number of hydrazone groups is 1. The molecule has 1 aliphatic rings. The Kier molecular flexibility index (Phi) is 5.22. The molecule has 116 valence electrons. The van der Waals surface area contributed by atoms with Crippen LogP contribution < -0.4 is 10.3 Å². The topological polar surface area (TPSA) is 53.9 Å². The Balaban J connectivity index is 1.84. The Bertz CT molecular complexity index is 499. The monoisotopic (exact) mass is 309 g/mol. The first-order valence-corrected chi connectivity index (χ1v) is 8.12. The van der Waals surface area contributed by atoms with E-state index in [1.165, 1.54) is 24.3 Å². The average Bonchev–Trinajstić information content (AvgIpc) is 2.86. The number of rotatable bonds is 3. The van der Waals surface area contributed by atoms with Crippen LogP contribution in [0.25, 0.3) is 0 Å². The second-order valence-corrected chi connectivity index (χ2v) is 7.19. The van der Waals surface area contributed by atoms with Crippen LogP contribution in [0, 0.1) is 0 Å². The molecule has 1 aromatic heterocycles. The van der Waals surface area contributed by atoms with Gasteiger partial charge in [0.1, 0.15) is 5.60 Å². The van der Waals surface area contributed by atoms with E-state index in [9.17, 15) is 4.79 Å². The van der Waals surface area contributed by atoms with Crippen molar-refractivity contribution < 1.29 is 9.53 Å². The van der Waals surface area contributed by atoms with Crippen molar-refractivity contribution in [2.75, 3.05) is 18.0 Å². The third kappa shape index (κ3) is 5.38. The summed E-state index contributed by atoms with van der Waals surface area (Å²) in [5.74, 6) is 0. The van der Waals surface area contributed by atoms with E-state index in [1.54, 1.807) is 17.6 Å². The Morgan fingerprint density at radius 2 is 2.05 bits per heavy atom. The molecule has 2 heterocycles. The average molecular weight is 309 g/mol. The molecule has 1 amide bonds. The minimum Gasteiger partial charge on any atom is -0.443 e. The quantitative estimate of drug-likeness (QED) is 0.685. The summed E-state index contributed by atoms with van der Waals surface area (Å²) in [4.78, 5) is 14.9. The summed E-state index contributed by atoms with van der Waals surface area (Å²) < 4.78 is 5.11. The number of anilines is 1. The van der Waals surface area contributed by atoms with Gasteiger partial charge in [-0.05, 0) is 52.2 Å². The van der Waals surface area contributed by atoms with E-state index in [2.05, 4.69) is 21.5 Å². The lowest BCUT2D eigenvalue weighted by Crippen LogP contribution is -2.29. The summed E-state index contributed by atoms with van der Waals surface area (Å²) in [6, 6.07) is 4.14. The highest BCUT2D eigenvalue weighted by Gasteiger charge is 2.15. The van der Waals surface area contributed by atoms with E-state index in [4.69, 9.17) is 4.74 Å². The number of carbonyl (C=O) groups is 1. The number of nitrogens with zero attached hydrogens (tertiary/aromatic N) is 2. The molecule has 6 heteroatoms. The second kappa shape index (κ2) is 6.93. The number of ether oxygens (including phenoxy) is 1. The molecular weight excluding hydrogens is 286 g/mol. The van der Waals surface area contributed by atoms with E-state index < -0.39 is 11.7 Å². The maximum atomic E-state index is 11.4. The van der Waals surface area contributed by atoms with E-state index >= 15 is 0 Å². The van der Waals surface area contributed by atoms with Gasteiger partial charge < -0.3 is 9.64 Å². The number of hydrogen-bond donors (Lipinski definition) is 1. The molecule has 0 radical (unpaired) electrons. The van der Waals surface area contributed by atoms with Crippen LogP contribution in [-0.4, -0.2) is 31.0 Å². The lowest BCUT2D eigenvalue weighted by atomic mass is 10.1. The van der Waals surface area contributed by atoms with Gasteiger partial charge in [0.25, 0.3) is 0 Å². The zero-order valence-corrected chi connectivity index (χ0v) is 13.7. The van der Waals surface area contributed by atoms with Crippen molar-refractivity contribution in [2.45, 2.75) is 45.6 Å². The first-order valence-electron chi connectivity index (χ1n) is 7.31. The maximum Gasteiger partial charge on any atom is 0.428 e. The lowest BCUT2D eigenvalue weighted by Gasteiger charge is -2.27. The van der Waals surface area contributed by atoms with Crippen LogP contribution in [0.1, 0.15) is 44.9 Å². The number of nitrogens with one attached hydrogen (secondary N) is 1. The normalized spacial score (nSPS) is 16.2. The minimum atomic E-state index is -0.536. The van der Waals surface area contributed by atoms with Gasteiger partial charge in [0, 0.05) is 18.0 Å². The molecule has 0 unspecified atom stereocenters. The molecule has 0 aromatic carbocycles. The number of piperidine rings is 1. The van der Waals surface area contributed by atoms with Gasteiger partial charge >= 0.3 is 6.09 Å². The zero-order chi connectivity index (χ0) is 15.3. The van der Waals surface area contributed by atoms with E-state index in [1.807, 2.05) is 26.8 Å². The van der Waals surface area contributed by atoms with Crippen LogP contribution in [0.2, 0.25) is 0 Å². The smallest absolute Gasteiger partial charge is 0.428 e. The predicted octanol–water partition coefficient (Wildman–Crippen LogP) is 3.60. The standard InChI is InChI=1S/C15H23N3O2S/c1-15(2,3)20-14(19)17-16-11-12-7-8-13(21-12)18-9-5-4-6-10-18/h7-8,11H,4-6,9-10H2,1-3H3,(H,17,19)/b16-11-. The first kappa shape index (κ1) is 15.8. The zero-order valence-electron chi connectivity index (χ0n) is 12.9. The maximum absolute atomic E-state index is 11.4. The summed E-state index contributed by atoms with van der Waals surface area (Å²) in [5.41, 5.74) is 1.87. The van der Waals surface area contributed by atoms with Gasteiger partial charge in [0.15, 0.2) is 0 Å². The van der Waals surface area contributed by atoms with Gasteiger partial charge in [0.05, 0.1) is 11.2 Å². The minimum absolute atomic E-state index is 0.510. The van der Waals surface area contributed by atoms with E-state index in [0.717, 1.165) is 18.0 Å². The van der Waals surface area contributed by atoms with Crippen molar-refractivity contribution in [2.24, 2.45) is 5.10 Å². The third-order valence-electron chi connectivity index (χ3n) is 3.03. The van der Waals surface area contributed by atoms with Gasteiger partial charge in [-0.1, -0.05) is 0 Å². The van der Waals surface area contributed by atoms with Crippen LogP contribution in [0.3, 0.4) is 0 Å². The summed E-state index contributed by atoms with van der Waals surface area (Å²) in [5, 5.41) is 5.20. The third-order valence-corrected chi connectivity index (χ3v) is 4.11. The molecule has 1 aliphatic heterocycles. The fourth-order valence-electron chi connectivity index (χ4n) is 2.15. The molecule has 0 atom stereocenters. The molecule has 5 nitrogen and oxygen atoms in total. The number of amides is 1. The van der Waals surface area contributed by atoms with Crippen LogP contribution in [0.4, 0.5) is 9.80 Å². The first-order chi connectivity index (χ1) is 9.94. The highest BCUT2D eigenvalue weighted by molar-refractivity contribution is 7.17. The molecule has 2 rings (SSSR count). The van der Waals surface area contributed by atoms with Crippen LogP contribution in [-0.2, 0) is 4.74 Å². The van der Waals surface area contributed by atoms with Gasteiger partial charge in [-0.25, -0.2) is 10.2 Å². The number of hydrogen-bond acceptors (Lipinski definition) is 5. The predicted molar refractivity (Wildman–Crippen MR) is 87.3 cm³/mol. The highest BCUT2D eigenvalue weighted by Crippen LogP contribution is 2.27. The number of thiophene rings is 1. The molecule has 0 saturated carbocycles. The van der Waals surface area contributed by atoms with Gasteiger partial charge in [-0.15, -0.1) is 11.3 Å². The SMILES string of the molecule is CC(C)(C)OC(=O)N/N=C\c1ccc(N2CCCCC2)s1. The van der Waals surface area contributed by atoms with Gasteiger partial charge in [-0.2, -0.15) is 5.10 Å². The van der Waals surface area contributed by atoms with Crippen molar-refractivity contribution in [1.82, 2.24) is 5.43 Å². The highest BCUT2D eigenvalue weighted by atomic mass is 32.1. The molecule has 1 aromatic rings. The van der Waals surface area contributed by atoms with Crippen LogP contribution in [0.5, 0.6) is 0 Å². The van der Waals surface area contributed by atoms with E-state index in [-0.39, 0.29) is 0 Å². The Morgan fingerprint density at radius 1 is 1.33 bits per heavy atom. The van der Waals surface area contributed by atoms with Crippen LogP contribution in [0.15, 0.2) is 17.2 Å². The Labute approximate surface area is 130 Å².